The molecule has 0 amide bonds. The molecule has 1 fully saturated rings. The smallest absolute Gasteiger partial charge is 0.240 e. The zero-order valence-corrected chi connectivity index (χ0v) is 12.8. The van der Waals surface area contributed by atoms with Gasteiger partial charge in [0.25, 0.3) is 0 Å². The molecule has 0 saturated carbocycles. The quantitative estimate of drug-likeness (QED) is 0.787. The average Bonchev–Trinajstić information content (AvgIpc) is 2.36. The van der Waals surface area contributed by atoms with Crippen LogP contribution in [0.2, 0.25) is 0 Å². The summed E-state index contributed by atoms with van der Waals surface area (Å²) in [5.74, 6) is 0. The zero-order valence-electron chi connectivity index (χ0n) is 12.0. The van der Waals surface area contributed by atoms with Gasteiger partial charge in [-0.1, -0.05) is 26.0 Å². The lowest BCUT2D eigenvalue weighted by Crippen LogP contribution is -2.50. The van der Waals surface area contributed by atoms with Gasteiger partial charge >= 0.3 is 0 Å². The van der Waals surface area contributed by atoms with Crippen LogP contribution >= 0.6 is 0 Å². The molecule has 1 unspecified atom stereocenters. The van der Waals surface area contributed by atoms with Gasteiger partial charge in [0.15, 0.2) is 0 Å². The van der Waals surface area contributed by atoms with Crippen LogP contribution in [-0.4, -0.2) is 27.5 Å². The number of rotatable bonds is 4. The van der Waals surface area contributed by atoms with Gasteiger partial charge in [-0.15, -0.1) is 0 Å². The summed E-state index contributed by atoms with van der Waals surface area (Å²) in [7, 11) is -3.70. The van der Waals surface area contributed by atoms with E-state index in [1.807, 2.05) is 0 Å². The van der Waals surface area contributed by atoms with E-state index in [0.717, 1.165) is 6.54 Å². The molecule has 1 aromatic rings. The van der Waals surface area contributed by atoms with Crippen LogP contribution in [0.1, 0.15) is 26.7 Å². The maximum atomic E-state index is 11.6. The summed E-state index contributed by atoms with van der Waals surface area (Å²) < 4.78 is 23.1. The predicted molar refractivity (Wildman–Crippen MR) is 81.1 cm³/mol. The molecular formula is C14H23N3O2S. The molecule has 0 bridgehead atoms. The van der Waals surface area contributed by atoms with E-state index in [2.05, 4.69) is 24.5 Å². The van der Waals surface area contributed by atoms with Crippen molar-refractivity contribution < 1.29 is 8.42 Å². The number of nitrogens with one attached hydrogen (secondary N) is 2. The Labute approximate surface area is 121 Å². The lowest BCUT2D eigenvalue weighted by molar-refractivity contribution is 0.188. The molecule has 2 rings (SSSR count). The van der Waals surface area contributed by atoms with Crippen molar-refractivity contribution in [2.75, 3.05) is 18.4 Å². The number of primary sulfonamides is 1. The zero-order chi connectivity index (χ0) is 14.8. The third-order valence-corrected chi connectivity index (χ3v) is 4.99. The molecule has 1 aromatic carbocycles. The number of benzene rings is 1. The first-order valence-electron chi connectivity index (χ1n) is 6.90. The van der Waals surface area contributed by atoms with Crippen molar-refractivity contribution in [2.24, 2.45) is 10.6 Å². The van der Waals surface area contributed by atoms with Crippen LogP contribution in [-0.2, 0) is 10.0 Å². The average molecular weight is 297 g/mol. The first-order valence-corrected chi connectivity index (χ1v) is 8.44. The Balaban J connectivity index is 2.12. The minimum absolute atomic E-state index is 0.147. The molecule has 0 spiro atoms. The van der Waals surface area contributed by atoms with E-state index in [1.165, 1.54) is 18.9 Å². The van der Waals surface area contributed by atoms with E-state index >= 15 is 0 Å². The van der Waals surface area contributed by atoms with Gasteiger partial charge in [0, 0.05) is 12.6 Å². The Morgan fingerprint density at radius 1 is 1.40 bits per heavy atom. The van der Waals surface area contributed by atoms with Crippen LogP contribution in [0, 0.1) is 5.41 Å². The molecule has 0 aromatic heterocycles. The second-order valence-corrected chi connectivity index (χ2v) is 7.55. The fourth-order valence-electron chi connectivity index (χ4n) is 2.69. The summed E-state index contributed by atoms with van der Waals surface area (Å²) in [6, 6.07) is 7.06. The van der Waals surface area contributed by atoms with E-state index in [4.69, 9.17) is 5.14 Å². The van der Waals surface area contributed by atoms with Crippen molar-refractivity contribution in [2.45, 2.75) is 37.6 Å². The van der Waals surface area contributed by atoms with Gasteiger partial charge in [-0.25, -0.2) is 13.6 Å². The SMILES string of the molecule is CC1(C)CCCNC1CNc1ccccc1S(N)(=O)=O. The van der Waals surface area contributed by atoms with E-state index < -0.39 is 10.0 Å². The number of piperidine rings is 1. The third kappa shape index (κ3) is 3.50. The van der Waals surface area contributed by atoms with Crippen molar-refractivity contribution in [1.82, 2.24) is 5.32 Å². The van der Waals surface area contributed by atoms with Crippen molar-refractivity contribution in [1.29, 1.82) is 0 Å². The summed E-state index contributed by atoms with van der Waals surface area (Å²) in [6.07, 6.45) is 2.35. The van der Waals surface area contributed by atoms with Gasteiger partial charge in [-0.05, 0) is 36.9 Å². The molecule has 1 atom stereocenters. The van der Waals surface area contributed by atoms with Gasteiger partial charge in [0.2, 0.25) is 10.0 Å². The summed E-state index contributed by atoms with van der Waals surface area (Å²) in [4.78, 5) is 0.147. The predicted octanol–water partition coefficient (Wildman–Crippen LogP) is 1.52. The van der Waals surface area contributed by atoms with Crippen LogP contribution in [0.25, 0.3) is 0 Å². The Bertz CT molecular complexity index is 570. The van der Waals surface area contributed by atoms with E-state index in [9.17, 15) is 8.42 Å². The summed E-state index contributed by atoms with van der Waals surface area (Å²) in [5, 5.41) is 12.0. The van der Waals surface area contributed by atoms with Crippen molar-refractivity contribution in [3.8, 4) is 0 Å². The van der Waals surface area contributed by atoms with E-state index in [-0.39, 0.29) is 10.3 Å². The number of nitrogens with two attached hydrogens (primary N) is 1. The van der Waals surface area contributed by atoms with Crippen LogP contribution in [0.15, 0.2) is 29.2 Å². The third-order valence-electron chi connectivity index (χ3n) is 4.02. The summed E-state index contributed by atoms with van der Waals surface area (Å²) in [6.45, 7) is 6.15. The monoisotopic (exact) mass is 297 g/mol. The molecule has 1 saturated heterocycles. The molecule has 5 nitrogen and oxygen atoms in total. The number of anilines is 1. The molecular weight excluding hydrogens is 274 g/mol. The molecule has 1 heterocycles. The fraction of sp³-hybridized carbons (Fsp3) is 0.571. The maximum absolute atomic E-state index is 11.6. The second kappa shape index (κ2) is 5.71. The lowest BCUT2D eigenvalue weighted by atomic mass is 9.77. The van der Waals surface area contributed by atoms with Crippen molar-refractivity contribution in [3.63, 3.8) is 0 Å². The van der Waals surface area contributed by atoms with E-state index in [1.54, 1.807) is 18.2 Å². The van der Waals surface area contributed by atoms with E-state index in [0.29, 0.717) is 18.3 Å². The Hall–Kier alpha value is -1.11. The van der Waals surface area contributed by atoms with Gasteiger partial charge in [-0.2, -0.15) is 0 Å². The first kappa shape index (κ1) is 15.3. The molecule has 4 N–H and O–H groups in total. The highest BCUT2D eigenvalue weighted by molar-refractivity contribution is 7.89. The van der Waals surface area contributed by atoms with Crippen LogP contribution in [0.3, 0.4) is 0 Å². The largest absolute Gasteiger partial charge is 0.382 e. The molecule has 112 valence electrons. The highest BCUT2D eigenvalue weighted by Crippen LogP contribution is 2.30. The maximum Gasteiger partial charge on any atom is 0.240 e. The summed E-state index contributed by atoms with van der Waals surface area (Å²) >= 11 is 0. The topological polar surface area (TPSA) is 84.2 Å². The standard InChI is InChI=1S/C14H23N3O2S/c1-14(2)8-5-9-16-13(14)10-17-11-6-3-4-7-12(11)20(15,18)19/h3-4,6-7,13,16-17H,5,8-10H2,1-2H3,(H2,15,18,19). The lowest BCUT2D eigenvalue weighted by Gasteiger charge is -2.39. The Morgan fingerprint density at radius 2 is 2.10 bits per heavy atom. The summed E-state index contributed by atoms with van der Waals surface area (Å²) in [5.41, 5.74) is 0.764. The van der Waals surface area contributed by atoms with Gasteiger partial charge in [-0.3, -0.25) is 0 Å². The van der Waals surface area contributed by atoms with Crippen molar-refractivity contribution in [3.05, 3.63) is 24.3 Å². The Kier molecular flexibility index (Phi) is 4.36. The van der Waals surface area contributed by atoms with Crippen LogP contribution in [0.5, 0.6) is 0 Å². The highest BCUT2D eigenvalue weighted by Gasteiger charge is 2.31. The Morgan fingerprint density at radius 3 is 2.75 bits per heavy atom. The van der Waals surface area contributed by atoms with Gasteiger partial charge in [0.05, 0.1) is 5.69 Å². The van der Waals surface area contributed by atoms with Crippen molar-refractivity contribution >= 4 is 15.7 Å². The highest BCUT2D eigenvalue weighted by atomic mass is 32.2. The minimum Gasteiger partial charge on any atom is -0.382 e. The fourth-order valence-corrected chi connectivity index (χ4v) is 3.41. The number of sulfonamides is 1. The second-order valence-electron chi connectivity index (χ2n) is 6.02. The molecule has 20 heavy (non-hydrogen) atoms. The molecule has 0 aliphatic carbocycles. The normalized spacial score (nSPS) is 22.4. The van der Waals surface area contributed by atoms with Gasteiger partial charge < -0.3 is 10.6 Å². The molecule has 1 aliphatic rings. The van der Waals surface area contributed by atoms with Crippen LogP contribution in [0.4, 0.5) is 5.69 Å². The minimum atomic E-state index is -3.70. The number of hydrogen-bond donors (Lipinski definition) is 3. The number of hydrogen-bond acceptors (Lipinski definition) is 4. The van der Waals surface area contributed by atoms with Gasteiger partial charge in [0.1, 0.15) is 4.90 Å². The number of para-hydroxylation sites is 1. The first-order chi connectivity index (χ1) is 9.31. The molecule has 0 radical (unpaired) electrons. The van der Waals surface area contributed by atoms with Crippen LogP contribution < -0.4 is 15.8 Å². The molecule has 1 aliphatic heterocycles. The molecule has 6 heteroatoms.